The molecule has 1 N–H and O–H groups in total. The molecule has 0 bridgehead atoms. The number of hydrazone groups is 1. The molecule has 2 aromatic carbocycles. The van der Waals surface area contributed by atoms with Crippen LogP contribution in [0.2, 0.25) is 0 Å². The van der Waals surface area contributed by atoms with E-state index in [1.807, 2.05) is 42.6 Å². The van der Waals surface area contributed by atoms with Crippen LogP contribution in [-0.2, 0) is 0 Å². The number of aromatic nitrogens is 1. The van der Waals surface area contributed by atoms with Crippen LogP contribution in [0.5, 0.6) is 0 Å². The van der Waals surface area contributed by atoms with Gasteiger partial charge in [-0.3, -0.25) is 5.43 Å². The van der Waals surface area contributed by atoms with E-state index in [1.165, 1.54) is 23.5 Å². The maximum atomic E-state index is 13.5. The van der Waals surface area contributed by atoms with E-state index in [0.29, 0.717) is 10.7 Å². The highest BCUT2D eigenvalue weighted by Crippen LogP contribution is 2.14. The van der Waals surface area contributed by atoms with E-state index in [0.717, 1.165) is 16.8 Å². The molecule has 0 amide bonds. The summed E-state index contributed by atoms with van der Waals surface area (Å²) in [6.45, 7) is 1.92. The van der Waals surface area contributed by atoms with Crippen LogP contribution in [-0.4, -0.2) is 11.2 Å². The predicted molar refractivity (Wildman–Crippen MR) is 96.9 cm³/mol. The van der Waals surface area contributed by atoms with Gasteiger partial charge in [0.25, 0.3) is 0 Å². The summed E-state index contributed by atoms with van der Waals surface area (Å²) >= 11 is 1.47. The summed E-state index contributed by atoms with van der Waals surface area (Å²) in [5, 5.41) is 6.80. The van der Waals surface area contributed by atoms with E-state index in [4.69, 9.17) is 0 Å². The summed E-state index contributed by atoms with van der Waals surface area (Å²) < 4.78 is 13.5. The lowest BCUT2D eigenvalue weighted by Crippen LogP contribution is -1.94. The quantitative estimate of drug-likeness (QED) is 0.436. The summed E-state index contributed by atoms with van der Waals surface area (Å²) in [5.41, 5.74) is 6.00. The zero-order chi connectivity index (χ0) is 16.8. The van der Waals surface area contributed by atoms with Crippen molar-refractivity contribution in [3.8, 4) is 11.8 Å². The van der Waals surface area contributed by atoms with Gasteiger partial charge in [-0.1, -0.05) is 30.0 Å². The molecule has 0 unspecified atom stereocenters. The number of rotatable bonds is 3. The number of aryl methyl sites for hydroxylation is 1. The molecule has 0 radical (unpaired) electrons. The van der Waals surface area contributed by atoms with Gasteiger partial charge >= 0.3 is 0 Å². The molecule has 0 aliphatic rings. The van der Waals surface area contributed by atoms with Crippen LogP contribution in [0, 0.1) is 24.6 Å². The van der Waals surface area contributed by atoms with Crippen LogP contribution in [0.15, 0.2) is 59.0 Å². The molecule has 3 rings (SSSR count). The number of halogens is 1. The van der Waals surface area contributed by atoms with Crippen molar-refractivity contribution >= 4 is 22.7 Å². The van der Waals surface area contributed by atoms with Gasteiger partial charge in [0.1, 0.15) is 5.82 Å². The van der Waals surface area contributed by atoms with E-state index in [2.05, 4.69) is 27.4 Å². The van der Waals surface area contributed by atoms with E-state index in [9.17, 15) is 4.39 Å². The molecule has 0 saturated heterocycles. The first-order valence-corrected chi connectivity index (χ1v) is 8.16. The Bertz CT molecular complexity index is 921. The molecule has 0 atom stereocenters. The summed E-state index contributed by atoms with van der Waals surface area (Å²) in [4.78, 5) is 4.26. The Morgan fingerprint density at radius 2 is 2.00 bits per heavy atom. The van der Waals surface area contributed by atoms with Gasteiger partial charge < -0.3 is 0 Å². The normalized spacial score (nSPS) is 10.4. The smallest absolute Gasteiger partial charge is 0.203 e. The van der Waals surface area contributed by atoms with E-state index in [1.54, 1.807) is 12.3 Å². The first kappa shape index (κ1) is 15.9. The Balaban J connectivity index is 1.82. The zero-order valence-electron chi connectivity index (χ0n) is 13.0. The molecule has 0 aliphatic heterocycles. The number of hydrogen-bond donors (Lipinski definition) is 1. The van der Waals surface area contributed by atoms with Crippen molar-refractivity contribution in [1.29, 1.82) is 0 Å². The van der Waals surface area contributed by atoms with Gasteiger partial charge in [-0.2, -0.15) is 5.10 Å². The third-order valence-electron chi connectivity index (χ3n) is 3.11. The summed E-state index contributed by atoms with van der Waals surface area (Å²) in [6.07, 6.45) is 1.62. The molecule has 0 fully saturated rings. The van der Waals surface area contributed by atoms with Crippen LogP contribution >= 0.6 is 11.3 Å². The Labute approximate surface area is 143 Å². The number of thiazole rings is 1. The topological polar surface area (TPSA) is 37.3 Å². The maximum absolute atomic E-state index is 13.5. The van der Waals surface area contributed by atoms with E-state index in [-0.39, 0.29) is 5.82 Å². The van der Waals surface area contributed by atoms with Crippen LogP contribution in [0.4, 0.5) is 9.52 Å². The minimum atomic E-state index is -0.326. The van der Waals surface area contributed by atoms with Gasteiger partial charge in [0.15, 0.2) is 0 Å². The Hall–Kier alpha value is -2.97. The SMILES string of the molecule is Cc1csc(NN=Cc2ccc(F)cc2C#Cc2ccccc2)n1. The molecule has 1 heterocycles. The molecule has 0 spiro atoms. The lowest BCUT2D eigenvalue weighted by molar-refractivity contribution is 0.627. The highest BCUT2D eigenvalue weighted by Gasteiger charge is 2.00. The molecular weight excluding hydrogens is 321 g/mol. The van der Waals surface area contributed by atoms with Crippen molar-refractivity contribution in [1.82, 2.24) is 4.98 Å². The molecule has 24 heavy (non-hydrogen) atoms. The monoisotopic (exact) mass is 335 g/mol. The van der Waals surface area contributed by atoms with Crippen molar-refractivity contribution < 1.29 is 4.39 Å². The molecule has 3 aromatic rings. The van der Waals surface area contributed by atoms with Crippen LogP contribution in [0.25, 0.3) is 0 Å². The molecule has 3 nitrogen and oxygen atoms in total. The standard InChI is InChI=1S/C19H14FN3S/c1-14-13-24-19(22-14)23-21-12-17-9-10-18(20)11-16(17)8-7-15-5-3-2-4-6-15/h2-6,9-13H,1H3,(H,22,23). The van der Waals surface area contributed by atoms with Crippen LogP contribution < -0.4 is 5.43 Å². The predicted octanol–water partition coefficient (Wildman–Crippen LogP) is 4.44. The lowest BCUT2D eigenvalue weighted by Gasteiger charge is -1.99. The Morgan fingerprint density at radius 1 is 1.17 bits per heavy atom. The second-order valence-corrected chi connectivity index (χ2v) is 5.87. The largest absolute Gasteiger partial charge is 0.253 e. The zero-order valence-corrected chi connectivity index (χ0v) is 13.8. The summed E-state index contributed by atoms with van der Waals surface area (Å²) in [5.74, 6) is 5.71. The van der Waals surface area contributed by atoms with Crippen LogP contribution in [0.1, 0.15) is 22.4 Å². The lowest BCUT2D eigenvalue weighted by atomic mass is 10.1. The number of hydrogen-bond acceptors (Lipinski definition) is 4. The molecular formula is C19H14FN3S. The van der Waals surface area contributed by atoms with Gasteiger partial charge in [-0.25, -0.2) is 9.37 Å². The van der Waals surface area contributed by atoms with Gasteiger partial charge in [0, 0.05) is 22.1 Å². The van der Waals surface area contributed by atoms with Gasteiger partial charge in [0.05, 0.1) is 11.9 Å². The number of benzene rings is 2. The molecule has 1 aromatic heterocycles. The van der Waals surface area contributed by atoms with E-state index >= 15 is 0 Å². The average Bonchev–Trinajstić information content (AvgIpc) is 3.01. The highest BCUT2D eigenvalue weighted by atomic mass is 32.1. The third kappa shape index (κ3) is 4.28. The minimum Gasteiger partial charge on any atom is -0.253 e. The second kappa shape index (κ2) is 7.53. The summed E-state index contributed by atoms with van der Waals surface area (Å²) in [6, 6.07) is 14.0. The maximum Gasteiger partial charge on any atom is 0.203 e. The first-order chi connectivity index (χ1) is 11.7. The van der Waals surface area contributed by atoms with E-state index < -0.39 is 0 Å². The van der Waals surface area contributed by atoms with Crippen molar-refractivity contribution in [2.24, 2.45) is 5.10 Å². The number of nitrogens with one attached hydrogen (secondary N) is 1. The first-order valence-electron chi connectivity index (χ1n) is 7.28. The molecule has 0 aliphatic carbocycles. The van der Waals surface area contributed by atoms with Gasteiger partial charge in [0.2, 0.25) is 5.13 Å². The second-order valence-electron chi connectivity index (χ2n) is 5.01. The van der Waals surface area contributed by atoms with Gasteiger partial charge in [-0.15, -0.1) is 11.3 Å². The fourth-order valence-corrected chi connectivity index (χ4v) is 2.61. The van der Waals surface area contributed by atoms with Crippen molar-refractivity contribution in [2.75, 3.05) is 5.43 Å². The average molecular weight is 335 g/mol. The summed E-state index contributed by atoms with van der Waals surface area (Å²) in [7, 11) is 0. The molecule has 0 saturated carbocycles. The van der Waals surface area contributed by atoms with Crippen LogP contribution in [0.3, 0.4) is 0 Å². The minimum absolute atomic E-state index is 0.326. The van der Waals surface area contributed by atoms with Crippen molar-refractivity contribution in [3.63, 3.8) is 0 Å². The fourth-order valence-electron chi connectivity index (χ4n) is 1.97. The van der Waals surface area contributed by atoms with Crippen molar-refractivity contribution in [3.05, 3.63) is 82.1 Å². The fraction of sp³-hybridized carbons (Fsp3) is 0.0526. The Morgan fingerprint density at radius 3 is 2.75 bits per heavy atom. The highest BCUT2D eigenvalue weighted by molar-refractivity contribution is 7.13. The number of anilines is 1. The van der Waals surface area contributed by atoms with Gasteiger partial charge in [-0.05, 0) is 37.3 Å². The Kier molecular flexibility index (Phi) is 4.99. The third-order valence-corrected chi connectivity index (χ3v) is 3.98. The van der Waals surface area contributed by atoms with Crippen molar-refractivity contribution in [2.45, 2.75) is 6.92 Å². The molecule has 118 valence electrons. The molecule has 5 heteroatoms. The number of nitrogens with zero attached hydrogens (tertiary/aromatic N) is 2.